The zero-order valence-electron chi connectivity index (χ0n) is 16.2. The van der Waals surface area contributed by atoms with Gasteiger partial charge in [0, 0.05) is 29.3 Å². The van der Waals surface area contributed by atoms with Crippen molar-refractivity contribution in [3.8, 4) is 5.75 Å². The maximum atomic E-state index is 12.8. The standard InChI is InChI=1S/C21H23BrN2O4S/c1-15-12-16-13-17(22)4-9-20(16)24(15)21(25)14-28-18-5-7-19(8-6-18)29(26,27)23-10-2-3-11-23/h4-9,13,15H,2-3,10-12,14H2,1H3. The van der Waals surface area contributed by atoms with Gasteiger partial charge in [-0.15, -0.1) is 0 Å². The first-order valence-electron chi connectivity index (χ1n) is 9.70. The lowest BCUT2D eigenvalue weighted by Gasteiger charge is -2.23. The number of sulfonamides is 1. The van der Waals surface area contributed by atoms with Gasteiger partial charge in [0.15, 0.2) is 6.61 Å². The zero-order chi connectivity index (χ0) is 20.6. The molecule has 1 unspecified atom stereocenters. The number of carbonyl (C=O) groups is 1. The number of amides is 1. The maximum absolute atomic E-state index is 12.8. The van der Waals surface area contributed by atoms with Crippen LogP contribution in [0.2, 0.25) is 0 Å². The maximum Gasteiger partial charge on any atom is 0.265 e. The molecule has 2 aromatic carbocycles. The van der Waals surface area contributed by atoms with Crippen LogP contribution in [0.5, 0.6) is 5.75 Å². The number of hydrogen-bond acceptors (Lipinski definition) is 4. The van der Waals surface area contributed by atoms with Crippen molar-refractivity contribution < 1.29 is 17.9 Å². The van der Waals surface area contributed by atoms with Crippen molar-refractivity contribution in [2.75, 3.05) is 24.6 Å². The number of halogens is 1. The van der Waals surface area contributed by atoms with Gasteiger partial charge in [0.05, 0.1) is 4.90 Å². The molecule has 2 heterocycles. The highest BCUT2D eigenvalue weighted by Gasteiger charge is 2.31. The molecule has 2 aliphatic rings. The van der Waals surface area contributed by atoms with Crippen LogP contribution in [0.25, 0.3) is 0 Å². The molecular weight excluding hydrogens is 456 g/mol. The second kappa shape index (κ2) is 8.08. The monoisotopic (exact) mass is 478 g/mol. The lowest BCUT2D eigenvalue weighted by molar-refractivity contribution is -0.120. The van der Waals surface area contributed by atoms with E-state index in [9.17, 15) is 13.2 Å². The molecule has 2 aromatic rings. The normalized spacial score (nSPS) is 19.4. The summed E-state index contributed by atoms with van der Waals surface area (Å²) in [5.41, 5.74) is 2.05. The lowest BCUT2D eigenvalue weighted by Crippen LogP contribution is -2.39. The molecule has 154 valence electrons. The van der Waals surface area contributed by atoms with Crippen LogP contribution in [0.1, 0.15) is 25.3 Å². The molecule has 2 aliphatic heterocycles. The number of ether oxygens (including phenoxy) is 1. The van der Waals surface area contributed by atoms with Crippen LogP contribution in [0, 0.1) is 0 Å². The molecule has 0 aliphatic carbocycles. The van der Waals surface area contributed by atoms with Crippen LogP contribution in [0.4, 0.5) is 5.69 Å². The Morgan fingerprint density at radius 3 is 2.52 bits per heavy atom. The molecule has 1 saturated heterocycles. The van der Waals surface area contributed by atoms with Crippen LogP contribution in [0.15, 0.2) is 51.8 Å². The van der Waals surface area contributed by atoms with Crippen LogP contribution in [-0.4, -0.2) is 44.4 Å². The van der Waals surface area contributed by atoms with E-state index in [1.807, 2.05) is 25.1 Å². The number of rotatable bonds is 5. The molecule has 6 nitrogen and oxygen atoms in total. The van der Waals surface area contributed by atoms with E-state index in [1.54, 1.807) is 29.2 Å². The molecule has 4 rings (SSSR count). The summed E-state index contributed by atoms with van der Waals surface area (Å²) in [5, 5.41) is 0. The predicted molar refractivity (Wildman–Crippen MR) is 115 cm³/mol. The summed E-state index contributed by atoms with van der Waals surface area (Å²) < 4.78 is 33.3. The van der Waals surface area contributed by atoms with Gasteiger partial charge in [-0.05, 0) is 74.2 Å². The van der Waals surface area contributed by atoms with Crippen LogP contribution < -0.4 is 9.64 Å². The average Bonchev–Trinajstić information content (AvgIpc) is 3.34. The van der Waals surface area contributed by atoms with Gasteiger partial charge in [-0.1, -0.05) is 15.9 Å². The summed E-state index contributed by atoms with van der Waals surface area (Å²) in [7, 11) is -3.45. The molecule has 1 atom stereocenters. The first kappa shape index (κ1) is 20.4. The van der Waals surface area contributed by atoms with Crippen molar-refractivity contribution >= 4 is 37.5 Å². The van der Waals surface area contributed by atoms with E-state index in [0.29, 0.717) is 18.8 Å². The third kappa shape index (κ3) is 4.06. The van der Waals surface area contributed by atoms with Gasteiger partial charge in [-0.2, -0.15) is 4.31 Å². The van der Waals surface area contributed by atoms with Crippen molar-refractivity contribution in [2.24, 2.45) is 0 Å². The largest absolute Gasteiger partial charge is 0.484 e. The van der Waals surface area contributed by atoms with E-state index in [-0.39, 0.29) is 23.5 Å². The Balaban J connectivity index is 1.41. The third-order valence-corrected chi connectivity index (χ3v) is 7.82. The van der Waals surface area contributed by atoms with Crippen LogP contribution >= 0.6 is 15.9 Å². The third-order valence-electron chi connectivity index (χ3n) is 5.41. The van der Waals surface area contributed by atoms with Gasteiger partial charge < -0.3 is 9.64 Å². The molecule has 29 heavy (non-hydrogen) atoms. The van der Waals surface area contributed by atoms with E-state index >= 15 is 0 Å². The Morgan fingerprint density at radius 1 is 1.14 bits per heavy atom. The number of nitrogens with zero attached hydrogens (tertiary/aromatic N) is 2. The molecule has 8 heteroatoms. The van der Waals surface area contributed by atoms with Crippen LogP contribution in [0.3, 0.4) is 0 Å². The summed E-state index contributed by atoms with van der Waals surface area (Å²) in [6.45, 7) is 3.06. The molecule has 1 amide bonds. The van der Waals surface area contributed by atoms with Crippen molar-refractivity contribution in [2.45, 2.75) is 37.1 Å². The SMILES string of the molecule is CC1Cc2cc(Br)ccc2N1C(=O)COc1ccc(S(=O)(=O)N2CCCC2)cc1. The van der Waals surface area contributed by atoms with Crippen molar-refractivity contribution in [1.82, 2.24) is 4.31 Å². The Labute approximate surface area is 179 Å². The Hall–Kier alpha value is -1.90. The summed E-state index contributed by atoms with van der Waals surface area (Å²) in [6, 6.07) is 12.3. The highest BCUT2D eigenvalue weighted by atomic mass is 79.9. The second-order valence-electron chi connectivity index (χ2n) is 7.46. The molecule has 1 fully saturated rings. The van der Waals surface area contributed by atoms with E-state index in [4.69, 9.17) is 4.74 Å². The lowest BCUT2D eigenvalue weighted by atomic mass is 10.1. The van der Waals surface area contributed by atoms with Crippen molar-refractivity contribution in [3.05, 3.63) is 52.5 Å². The minimum atomic E-state index is -3.45. The van der Waals surface area contributed by atoms with Crippen molar-refractivity contribution in [1.29, 1.82) is 0 Å². The van der Waals surface area contributed by atoms with Gasteiger partial charge in [-0.3, -0.25) is 4.79 Å². The topological polar surface area (TPSA) is 66.9 Å². The van der Waals surface area contributed by atoms with E-state index in [0.717, 1.165) is 35.0 Å². The summed E-state index contributed by atoms with van der Waals surface area (Å²) in [6.07, 6.45) is 2.61. The Morgan fingerprint density at radius 2 is 1.83 bits per heavy atom. The smallest absolute Gasteiger partial charge is 0.265 e. The zero-order valence-corrected chi connectivity index (χ0v) is 18.6. The van der Waals surface area contributed by atoms with E-state index in [1.165, 1.54) is 4.31 Å². The minimum absolute atomic E-state index is 0.0726. The highest BCUT2D eigenvalue weighted by Crippen LogP contribution is 2.34. The fourth-order valence-electron chi connectivity index (χ4n) is 3.98. The average molecular weight is 479 g/mol. The number of carbonyl (C=O) groups excluding carboxylic acids is 1. The van der Waals surface area contributed by atoms with Gasteiger partial charge >= 0.3 is 0 Å². The summed E-state index contributed by atoms with van der Waals surface area (Å²) >= 11 is 3.47. The number of anilines is 1. The number of fused-ring (bicyclic) bond motifs is 1. The summed E-state index contributed by atoms with van der Waals surface area (Å²) in [4.78, 5) is 14.8. The first-order valence-corrected chi connectivity index (χ1v) is 11.9. The molecular formula is C21H23BrN2O4S. The van der Waals surface area contributed by atoms with Crippen molar-refractivity contribution in [3.63, 3.8) is 0 Å². The second-order valence-corrected chi connectivity index (χ2v) is 10.3. The predicted octanol–water partition coefficient (Wildman–Crippen LogP) is 3.59. The van der Waals surface area contributed by atoms with Gasteiger partial charge in [0.25, 0.3) is 5.91 Å². The van der Waals surface area contributed by atoms with Gasteiger partial charge in [0.2, 0.25) is 10.0 Å². The van der Waals surface area contributed by atoms with Crippen LogP contribution in [-0.2, 0) is 21.2 Å². The molecule has 0 radical (unpaired) electrons. The summed E-state index contributed by atoms with van der Waals surface area (Å²) in [5.74, 6) is 0.355. The fourth-order valence-corrected chi connectivity index (χ4v) is 5.91. The first-order chi connectivity index (χ1) is 13.9. The van der Waals surface area contributed by atoms with Gasteiger partial charge in [0.1, 0.15) is 5.75 Å². The molecule has 0 bridgehead atoms. The van der Waals surface area contributed by atoms with Gasteiger partial charge in [-0.25, -0.2) is 8.42 Å². The Kier molecular flexibility index (Phi) is 5.68. The van der Waals surface area contributed by atoms with E-state index < -0.39 is 10.0 Å². The molecule has 0 spiro atoms. The number of hydrogen-bond donors (Lipinski definition) is 0. The van der Waals surface area contributed by atoms with E-state index in [2.05, 4.69) is 15.9 Å². The highest BCUT2D eigenvalue weighted by molar-refractivity contribution is 9.10. The Bertz CT molecular complexity index is 1020. The number of benzene rings is 2. The fraction of sp³-hybridized carbons (Fsp3) is 0.381. The quantitative estimate of drug-likeness (QED) is 0.658. The minimum Gasteiger partial charge on any atom is -0.484 e. The molecule has 0 saturated carbocycles. The molecule has 0 aromatic heterocycles. The molecule has 0 N–H and O–H groups in total.